The van der Waals surface area contributed by atoms with E-state index in [0.717, 1.165) is 25.7 Å². The Morgan fingerprint density at radius 2 is 1.80 bits per heavy atom. The number of hydrogen-bond acceptors (Lipinski definition) is 5. The molecule has 1 amide bonds. The van der Waals surface area contributed by atoms with Gasteiger partial charge in [0, 0.05) is 17.6 Å². The van der Waals surface area contributed by atoms with Crippen LogP contribution in [-0.4, -0.2) is 46.3 Å². The highest BCUT2D eigenvalue weighted by Gasteiger charge is 2.29. The molecule has 1 unspecified atom stereocenters. The van der Waals surface area contributed by atoms with Crippen LogP contribution in [-0.2, 0) is 19.9 Å². The molecule has 1 saturated carbocycles. The lowest BCUT2D eigenvalue weighted by molar-refractivity contribution is 0.0941. The Hall–Kier alpha value is -1.45. The van der Waals surface area contributed by atoms with Gasteiger partial charge < -0.3 is 5.32 Å². The number of sulfonamides is 1. The fourth-order valence-electron chi connectivity index (χ4n) is 3.31. The molecule has 1 aromatic rings. The lowest BCUT2D eigenvalue weighted by Crippen LogP contribution is -2.36. The predicted octanol–water partition coefficient (Wildman–Crippen LogP) is 0.824. The molecule has 1 saturated heterocycles. The average Bonchev–Trinajstić information content (AvgIpc) is 3.16. The van der Waals surface area contributed by atoms with Gasteiger partial charge in [-0.2, -0.15) is 0 Å². The molecule has 7 nitrogen and oxygen atoms in total. The second-order valence-corrected chi connectivity index (χ2v) is 10.6. The van der Waals surface area contributed by atoms with Crippen LogP contribution >= 0.6 is 0 Å². The van der Waals surface area contributed by atoms with E-state index in [1.165, 1.54) is 24.3 Å². The summed E-state index contributed by atoms with van der Waals surface area (Å²) in [5.74, 6) is -0.461. The summed E-state index contributed by atoms with van der Waals surface area (Å²) in [5.41, 5.74) is 0.207. The van der Waals surface area contributed by atoms with Crippen molar-refractivity contribution >= 4 is 25.8 Å². The molecule has 2 aliphatic rings. The van der Waals surface area contributed by atoms with Crippen LogP contribution in [0.5, 0.6) is 0 Å². The number of nitrogens with one attached hydrogen (secondary N) is 2. The molecule has 0 bridgehead atoms. The van der Waals surface area contributed by atoms with Gasteiger partial charge in [0.15, 0.2) is 9.84 Å². The van der Waals surface area contributed by atoms with Crippen molar-refractivity contribution in [1.82, 2.24) is 10.0 Å². The van der Waals surface area contributed by atoms with Crippen LogP contribution in [0.3, 0.4) is 0 Å². The summed E-state index contributed by atoms with van der Waals surface area (Å²) in [6.07, 6.45) is 4.07. The van der Waals surface area contributed by atoms with E-state index in [1.54, 1.807) is 0 Å². The molecule has 9 heteroatoms. The summed E-state index contributed by atoms with van der Waals surface area (Å²) in [7, 11) is -6.76. The second-order valence-electron chi connectivity index (χ2n) is 6.70. The Morgan fingerprint density at radius 3 is 2.44 bits per heavy atom. The highest BCUT2D eigenvalue weighted by Crippen LogP contribution is 2.21. The summed E-state index contributed by atoms with van der Waals surface area (Å²) in [4.78, 5) is 12.4. The fraction of sp³-hybridized carbons (Fsp3) is 0.562. The van der Waals surface area contributed by atoms with Crippen LogP contribution in [0.15, 0.2) is 29.2 Å². The maximum Gasteiger partial charge on any atom is 0.251 e. The molecule has 138 valence electrons. The lowest BCUT2D eigenvalue weighted by Gasteiger charge is -2.14. The summed E-state index contributed by atoms with van der Waals surface area (Å²) in [5, 5.41) is 2.67. The molecule has 1 heterocycles. The van der Waals surface area contributed by atoms with Crippen molar-refractivity contribution in [3.63, 3.8) is 0 Å². The first-order chi connectivity index (χ1) is 11.8. The minimum Gasteiger partial charge on any atom is -0.348 e. The normalized spacial score (nSPS) is 23.6. The third-order valence-corrected chi connectivity index (χ3v) is 7.94. The average molecular weight is 386 g/mol. The Balaban J connectivity index is 1.71. The number of benzene rings is 1. The topological polar surface area (TPSA) is 109 Å². The monoisotopic (exact) mass is 386 g/mol. The molecule has 2 N–H and O–H groups in total. The zero-order valence-corrected chi connectivity index (χ0v) is 15.4. The SMILES string of the molecule is O=C(NC1CCS(=O)(=O)C1)c1cccc(S(=O)(=O)NC2CCCC2)c1. The van der Waals surface area contributed by atoms with Crippen molar-refractivity contribution in [3.05, 3.63) is 29.8 Å². The van der Waals surface area contributed by atoms with Gasteiger partial charge in [0.1, 0.15) is 0 Å². The third kappa shape index (κ3) is 4.59. The molecule has 1 aromatic carbocycles. The number of carbonyl (C=O) groups excluding carboxylic acids is 1. The van der Waals surface area contributed by atoms with Crippen LogP contribution in [0.25, 0.3) is 0 Å². The number of rotatable bonds is 5. The van der Waals surface area contributed by atoms with Gasteiger partial charge in [0.25, 0.3) is 5.91 Å². The summed E-state index contributed by atoms with van der Waals surface area (Å²) < 4.78 is 50.6. The van der Waals surface area contributed by atoms with Gasteiger partial charge in [-0.05, 0) is 37.5 Å². The van der Waals surface area contributed by atoms with Crippen LogP contribution in [0, 0.1) is 0 Å². The first kappa shape index (κ1) is 18.3. The molecule has 1 aliphatic heterocycles. The molecule has 1 aliphatic carbocycles. The van der Waals surface area contributed by atoms with Gasteiger partial charge in [0.2, 0.25) is 10.0 Å². The standard InChI is InChI=1S/C16H22N2O5S2/c19-16(17-14-8-9-24(20,21)11-14)12-4-3-7-15(10-12)25(22,23)18-13-5-1-2-6-13/h3-4,7,10,13-14,18H,1-2,5-6,8-9,11H2,(H,17,19). The number of amides is 1. The van der Waals surface area contributed by atoms with Crippen molar-refractivity contribution in [3.8, 4) is 0 Å². The first-order valence-corrected chi connectivity index (χ1v) is 11.7. The highest BCUT2D eigenvalue weighted by atomic mass is 32.2. The zero-order chi connectivity index (χ0) is 18.1. The molecule has 0 aromatic heterocycles. The van der Waals surface area contributed by atoms with Gasteiger partial charge in [-0.1, -0.05) is 18.9 Å². The molecule has 1 atom stereocenters. The van der Waals surface area contributed by atoms with Gasteiger partial charge in [-0.15, -0.1) is 0 Å². The lowest BCUT2D eigenvalue weighted by atomic mass is 10.2. The van der Waals surface area contributed by atoms with Crippen LogP contribution in [0.2, 0.25) is 0 Å². The van der Waals surface area contributed by atoms with Gasteiger partial charge in [-0.25, -0.2) is 21.6 Å². The van der Waals surface area contributed by atoms with Crippen molar-refractivity contribution < 1.29 is 21.6 Å². The first-order valence-electron chi connectivity index (χ1n) is 8.39. The minimum absolute atomic E-state index is 0.0473. The Bertz CT molecular complexity index is 858. The maximum absolute atomic E-state index is 12.5. The summed E-state index contributed by atoms with van der Waals surface area (Å²) in [6.45, 7) is 0. The second kappa shape index (κ2) is 7.05. The van der Waals surface area contributed by atoms with E-state index in [9.17, 15) is 21.6 Å². The van der Waals surface area contributed by atoms with E-state index >= 15 is 0 Å². The molecule has 0 radical (unpaired) electrons. The largest absolute Gasteiger partial charge is 0.348 e. The quantitative estimate of drug-likeness (QED) is 0.779. The van der Waals surface area contributed by atoms with Crippen LogP contribution in [0.4, 0.5) is 0 Å². The Labute approximate surface area is 148 Å². The highest BCUT2D eigenvalue weighted by molar-refractivity contribution is 7.91. The zero-order valence-electron chi connectivity index (χ0n) is 13.8. The number of sulfone groups is 1. The van der Waals surface area contributed by atoms with E-state index in [4.69, 9.17) is 0 Å². The Kier molecular flexibility index (Phi) is 5.17. The molecular weight excluding hydrogens is 364 g/mol. The van der Waals surface area contributed by atoms with Crippen molar-refractivity contribution in [2.24, 2.45) is 0 Å². The van der Waals surface area contributed by atoms with Crippen molar-refractivity contribution in [2.45, 2.75) is 49.1 Å². The van der Waals surface area contributed by atoms with Gasteiger partial charge in [-0.3, -0.25) is 4.79 Å². The summed E-state index contributed by atoms with van der Waals surface area (Å²) in [6, 6.07) is 5.35. The van der Waals surface area contributed by atoms with Crippen LogP contribution in [0.1, 0.15) is 42.5 Å². The van der Waals surface area contributed by atoms with E-state index in [1.807, 2.05) is 0 Å². The predicted molar refractivity (Wildman–Crippen MR) is 93.5 cm³/mol. The number of carbonyl (C=O) groups is 1. The van der Waals surface area contributed by atoms with E-state index in [-0.39, 0.29) is 28.0 Å². The van der Waals surface area contributed by atoms with E-state index in [2.05, 4.69) is 10.0 Å². The van der Waals surface area contributed by atoms with E-state index in [0.29, 0.717) is 6.42 Å². The molecular formula is C16H22N2O5S2. The molecule has 2 fully saturated rings. The molecule has 3 rings (SSSR count). The summed E-state index contributed by atoms with van der Waals surface area (Å²) >= 11 is 0. The van der Waals surface area contributed by atoms with E-state index < -0.39 is 31.8 Å². The van der Waals surface area contributed by atoms with Crippen LogP contribution < -0.4 is 10.0 Å². The molecule has 0 spiro atoms. The van der Waals surface area contributed by atoms with Gasteiger partial charge in [0.05, 0.1) is 16.4 Å². The Morgan fingerprint density at radius 1 is 1.08 bits per heavy atom. The maximum atomic E-state index is 12.5. The minimum atomic E-state index is -3.67. The number of hydrogen-bond donors (Lipinski definition) is 2. The molecule has 25 heavy (non-hydrogen) atoms. The van der Waals surface area contributed by atoms with Crippen molar-refractivity contribution in [2.75, 3.05) is 11.5 Å². The third-order valence-electron chi connectivity index (χ3n) is 4.65. The fourth-order valence-corrected chi connectivity index (χ4v) is 6.34. The smallest absolute Gasteiger partial charge is 0.251 e. The van der Waals surface area contributed by atoms with Gasteiger partial charge >= 0.3 is 0 Å². The van der Waals surface area contributed by atoms with Crippen molar-refractivity contribution in [1.29, 1.82) is 0 Å².